The van der Waals surface area contributed by atoms with E-state index in [0.717, 1.165) is 31.2 Å². The molecule has 180 valence electrons. The Kier molecular flexibility index (Phi) is 6.02. The first kappa shape index (κ1) is 22.8. The molecule has 2 bridgehead atoms. The Morgan fingerprint density at radius 3 is 2.62 bits per heavy atom. The fraction of sp³-hybridized carbons (Fsp3) is 0.500. The largest absolute Gasteiger partial charge is 0.359 e. The molecule has 1 aliphatic carbocycles. The van der Waals surface area contributed by atoms with Gasteiger partial charge in [0, 0.05) is 19.1 Å². The van der Waals surface area contributed by atoms with Gasteiger partial charge in [0.2, 0.25) is 17.7 Å². The van der Waals surface area contributed by atoms with Crippen molar-refractivity contribution in [2.75, 3.05) is 6.54 Å². The van der Waals surface area contributed by atoms with Gasteiger partial charge >= 0.3 is 0 Å². The fourth-order valence-corrected chi connectivity index (χ4v) is 6.04. The van der Waals surface area contributed by atoms with Gasteiger partial charge in [-0.05, 0) is 30.5 Å². The second kappa shape index (κ2) is 8.98. The van der Waals surface area contributed by atoms with Gasteiger partial charge in [-0.15, -0.1) is 6.58 Å². The fourth-order valence-electron chi connectivity index (χ4n) is 6.04. The maximum Gasteiger partial charge on any atom is 0.246 e. The highest BCUT2D eigenvalue weighted by Crippen LogP contribution is 2.55. The van der Waals surface area contributed by atoms with Crippen molar-refractivity contribution in [1.29, 1.82) is 0 Å². The van der Waals surface area contributed by atoms with Gasteiger partial charge in [-0.1, -0.05) is 49.6 Å². The van der Waals surface area contributed by atoms with Crippen LogP contribution in [0.2, 0.25) is 0 Å². The zero-order valence-corrected chi connectivity index (χ0v) is 19.0. The maximum absolute atomic E-state index is 13.6. The van der Waals surface area contributed by atoms with Crippen LogP contribution in [0, 0.1) is 17.7 Å². The maximum atomic E-state index is 13.6. The van der Waals surface area contributed by atoms with Gasteiger partial charge in [-0.3, -0.25) is 14.4 Å². The van der Waals surface area contributed by atoms with E-state index in [-0.39, 0.29) is 42.7 Å². The molecule has 8 heteroatoms. The van der Waals surface area contributed by atoms with Crippen molar-refractivity contribution >= 4 is 17.7 Å². The van der Waals surface area contributed by atoms with Crippen LogP contribution in [0.15, 0.2) is 49.1 Å². The Labute approximate surface area is 198 Å². The molecule has 7 nitrogen and oxygen atoms in total. The van der Waals surface area contributed by atoms with Crippen LogP contribution in [-0.2, 0) is 25.7 Å². The molecule has 5 rings (SSSR count). The third kappa shape index (κ3) is 3.74. The summed E-state index contributed by atoms with van der Waals surface area (Å²) < 4.78 is 19.5. The van der Waals surface area contributed by atoms with Crippen LogP contribution >= 0.6 is 0 Å². The van der Waals surface area contributed by atoms with E-state index < -0.39 is 29.6 Å². The predicted molar refractivity (Wildman–Crippen MR) is 123 cm³/mol. The van der Waals surface area contributed by atoms with Crippen molar-refractivity contribution in [2.24, 2.45) is 11.8 Å². The Hall–Kier alpha value is -3.00. The molecule has 1 aromatic rings. The van der Waals surface area contributed by atoms with Crippen molar-refractivity contribution in [3.8, 4) is 0 Å². The van der Waals surface area contributed by atoms with Gasteiger partial charge < -0.3 is 20.3 Å². The number of nitrogens with one attached hydrogen (secondary N) is 2. The van der Waals surface area contributed by atoms with Crippen LogP contribution in [0.4, 0.5) is 4.39 Å². The topological polar surface area (TPSA) is 87.7 Å². The Morgan fingerprint density at radius 2 is 1.91 bits per heavy atom. The molecule has 3 aliphatic heterocycles. The molecule has 4 aliphatic rings. The standard InChI is InChI=1S/C26H30FN3O4/c1-2-14-30-22(24(32)29-18-6-4-3-5-7-18)26-13-12-19(34-26)20(21(26)25(30)33)23(31)28-15-16-8-10-17(27)11-9-16/h2,8-13,18-22H,1,3-7,14-15H2,(H,28,31)(H,29,32)/t19-,20-,21+,22-,26+/m1/s1. The van der Waals surface area contributed by atoms with E-state index in [0.29, 0.717) is 0 Å². The minimum atomic E-state index is -1.17. The minimum Gasteiger partial charge on any atom is -0.359 e. The third-order valence-electron chi connectivity index (χ3n) is 7.58. The second-order valence-corrected chi connectivity index (χ2v) is 9.67. The van der Waals surface area contributed by atoms with Gasteiger partial charge in [-0.25, -0.2) is 4.39 Å². The molecule has 1 aromatic carbocycles. The van der Waals surface area contributed by atoms with Gasteiger partial charge in [0.1, 0.15) is 17.5 Å². The molecule has 3 fully saturated rings. The van der Waals surface area contributed by atoms with Gasteiger partial charge in [-0.2, -0.15) is 0 Å². The number of benzene rings is 1. The number of halogens is 1. The molecule has 34 heavy (non-hydrogen) atoms. The average molecular weight is 468 g/mol. The summed E-state index contributed by atoms with van der Waals surface area (Å²) in [4.78, 5) is 41.8. The highest BCUT2D eigenvalue weighted by Gasteiger charge is 2.72. The van der Waals surface area contributed by atoms with Gasteiger partial charge in [0.15, 0.2) is 0 Å². The zero-order valence-electron chi connectivity index (χ0n) is 19.0. The monoisotopic (exact) mass is 467 g/mol. The van der Waals surface area contributed by atoms with Crippen molar-refractivity contribution < 1.29 is 23.5 Å². The van der Waals surface area contributed by atoms with Crippen LogP contribution in [0.25, 0.3) is 0 Å². The van der Waals surface area contributed by atoms with Crippen molar-refractivity contribution in [2.45, 2.75) is 62.4 Å². The van der Waals surface area contributed by atoms with E-state index in [1.54, 1.807) is 30.4 Å². The Bertz CT molecular complexity index is 1020. The first-order valence-electron chi connectivity index (χ1n) is 12.1. The van der Waals surface area contributed by atoms with Crippen LogP contribution in [-0.4, -0.2) is 53.0 Å². The normalized spacial score (nSPS) is 32.0. The number of fused-ring (bicyclic) bond motifs is 1. The summed E-state index contributed by atoms with van der Waals surface area (Å²) in [6.07, 6.45) is 9.80. The Morgan fingerprint density at radius 1 is 1.18 bits per heavy atom. The second-order valence-electron chi connectivity index (χ2n) is 9.67. The molecule has 5 atom stereocenters. The molecule has 1 saturated carbocycles. The van der Waals surface area contributed by atoms with E-state index >= 15 is 0 Å². The van der Waals surface area contributed by atoms with Crippen molar-refractivity contribution in [3.05, 3.63) is 60.5 Å². The number of ether oxygens (including phenoxy) is 1. The lowest BCUT2D eigenvalue weighted by atomic mass is 9.74. The number of hydrogen-bond donors (Lipinski definition) is 2. The summed E-state index contributed by atoms with van der Waals surface area (Å²) in [6.45, 7) is 4.16. The lowest BCUT2D eigenvalue weighted by molar-refractivity contribution is -0.141. The van der Waals surface area contributed by atoms with E-state index in [4.69, 9.17) is 4.74 Å². The van der Waals surface area contributed by atoms with Crippen molar-refractivity contribution in [3.63, 3.8) is 0 Å². The summed E-state index contributed by atoms with van der Waals surface area (Å²) in [5, 5.41) is 6.01. The molecule has 1 spiro atoms. The molecular formula is C26H30FN3O4. The van der Waals surface area contributed by atoms with E-state index in [1.807, 2.05) is 0 Å². The summed E-state index contributed by atoms with van der Waals surface area (Å²) >= 11 is 0. The molecule has 3 heterocycles. The average Bonchev–Trinajstić information content (AvgIpc) is 3.47. The first-order valence-corrected chi connectivity index (χ1v) is 12.1. The van der Waals surface area contributed by atoms with Crippen molar-refractivity contribution in [1.82, 2.24) is 15.5 Å². The number of amides is 3. The SMILES string of the molecule is C=CCN1C(=O)[C@@H]2[C@H](C(=O)NCc3ccc(F)cc3)[C@H]3C=C[C@@]2(O3)[C@H]1C(=O)NC1CCCCC1. The molecule has 0 unspecified atom stereocenters. The molecular weight excluding hydrogens is 437 g/mol. The third-order valence-corrected chi connectivity index (χ3v) is 7.58. The predicted octanol–water partition coefficient (Wildman–Crippen LogP) is 2.23. The number of rotatable bonds is 7. The molecule has 2 saturated heterocycles. The summed E-state index contributed by atoms with van der Waals surface area (Å²) in [6, 6.07) is 5.13. The van der Waals surface area contributed by atoms with Gasteiger partial charge in [0.25, 0.3) is 0 Å². The molecule has 0 radical (unpaired) electrons. The minimum absolute atomic E-state index is 0.0924. The lowest BCUT2D eigenvalue weighted by Crippen LogP contribution is -2.56. The van der Waals surface area contributed by atoms with E-state index in [2.05, 4.69) is 17.2 Å². The van der Waals surface area contributed by atoms with Crippen LogP contribution in [0.5, 0.6) is 0 Å². The highest BCUT2D eigenvalue weighted by atomic mass is 19.1. The summed E-state index contributed by atoms with van der Waals surface area (Å²) in [5.41, 5.74) is -0.415. The number of carbonyl (C=O) groups is 3. The van der Waals surface area contributed by atoms with E-state index in [1.165, 1.54) is 23.5 Å². The van der Waals surface area contributed by atoms with Gasteiger partial charge in [0.05, 0.1) is 17.9 Å². The number of nitrogens with zero attached hydrogens (tertiary/aromatic N) is 1. The summed E-state index contributed by atoms with van der Waals surface area (Å²) in [5.74, 6) is -2.68. The first-order chi connectivity index (χ1) is 16.4. The smallest absolute Gasteiger partial charge is 0.246 e. The zero-order chi connectivity index (χ0) is 23.9. The Balaban J connectivity index is 1.37. The molecule has 3 amide bonds. The molecule has 0 aromatic heterocycles. The highest BCUT2D eigenvalue weighted by molar-refractivity contribution is 6.00. The quantitative estimate of drug-likeness (QED) is 0.602. The number of likely N-dealkylation sites (tertiary alicyclic amines) is 1. The number of hydrogen-bond acceptors (Lipinski definition) is 4. The van der Waals surface area contributed by atoms with E-state index in [9.17, 15) is 18.8 Å². The van der Waals surface area contributed by atoms with Crippen LogP contribution in [0.3, 0.4) is 0 Å². The lowest BCUT2D eigenvalue weighted by Gasteiger charge is -2.33. The number of carbonyl (C=O) groups excluding carboxylic acids is 3. The van der Waals surface area contributed by atoms with Crippen LogP contribution in [0.1, 0.15) is 37.7 Å². The van der Waals surface area contributed by atoms with Crippen LogP contribution < -0.4 is 10.6 Å². The molecule has 2 N–H and O–H groups in total. The summed E-state index contributed by atoms with van der Waals surface area (Å²) in [7, 11) is 0.